The summed E-state index contributed by atoms with van der Waals surface area (Å²) in [6.07, 6.45) is 2.30. The number of nitrogens with zero attached hydrogens (tertiary/aromatic N) is 3. The number of piperazine rings is 1. The first-order chi connectivity index (χ1) is 8.58. The SMILES string of the molecule is CCC1(CC)CN(Cc2noc(C)n2)C(C)CN1. The molecular formula is C13H24N4O. The van der Waals surface area contributed by atoms with Crippen LogP contribution in [0.25, 0.3) is 0 Å². The molecular weight excluding hydrogens is 228 g/mol. The molecule has 1 N–H and O–H groups in total. The molecule has 0 spiro atoms. The minimum Gasteiger partial charge on any atom is -0.340 e. The topological polar surface area (TPSA) is 54.2 Å². The van der Waals surface area contributed by atoms with E-state index in [0.717, 1.165) is 38.3 Å². The molecule has 1 aromatic rings. The van der Waals surface area contributed by atoms with Crippen molar-refractivity contribution >= 4 is 0 Å². The quantitative estimate of drug-likeness (QED) is 0.884. The van der Waals surface area contributed by atoms with Crippen molar-refractivity contribution in [3.63, 3.8) is 0 Å². The average molecular weight is 252 g/mol. The predicted octanol–water partition coefficient (Wildman–Crippen LogP) is 1.73. The first-order valence-corrected chi connectivity index (χ1v) is 6.87. The second-order valence-corrected chi connectivity index (χ2v) is 5.35. The van der Waals surface area contributed by atoms with Crippen molar-refractivity contribution in [1.82, 2.24) is 20.4 Å². The van der Waals surface area contributed by atoms with Gasteiger partial charge in [-0.15, -0.1) is 0 Å². The van der Waals surface area contributed by atoms with E-state index in [1.54, 1.807) is 0 Å². The van der Waals surface area contributed by atoms with E-state index in [9.17, 15) is 0 Å². The molecule has 1 atom stereocenters. The summed E-state index contributed by atoms with van der Waals surface area (Å²) in [6.45, 7) is 11.4. The van der Waals surface area contributed by atoms with E-state index < -0.39 is 0 Å². The third-order valence-electron chi connectivity index (χ3n) is 4.17. The molecule has 1 aliphatic heterocycles. The Morgan fingerprint density at radius 1 is 1.44 bits per heavy atom. The van der Waals surface area contributed by atoms with Crippen LogP contribution < -0.4 is 5.32 Å². The molecule has 0 amide bonds. The maximum absolute atomic E-state index is 5.04. The summed E-state index contributed by atoms with van der Waals surface area (Å²) in [4.78, 5) is 6.75. The van der Waals surface area contributed by atoms with Crippen LogP contribution in [0.4, 0.5) is 0 Å². The molecule has 0 aliphatic carbocycles. The maximum atomic E-state index is 5.04. The Kier molecular flexibility index (Phi) is 4.02. The van der Waals surface area contributed by atoms with Crippen molar-refractivity contribution in [3.05, 3.63) is 11.7 Å². The van der Waals surface area contributed by atoms with Crippen LogP contribution in [-0.4, -0.2) is 39.7 Å². The van der Waals surface area contributed by atoms with Gasteiger partial charge in [0.05, 0.1) is 6.54 Å². The van der Waals surface area contributed by atoms with E-state index in [2.05, 4.69) is 41.1 Å². The highest BCUT2D eigenvalue weighted by atomic mass is 16.5. The number of hydrogen-bond donors (Lipinski definition) is 1. The lowest BCUT2D eigenvalue weighted by Gasteiger charge is -2.46. The van der Waals surface area contributed by atoms with Crippen LogP contribution in [0.5, 0.6) is 0 Å². The van der Waals surface area contributed by atoms with Crippen molar-refractivity contribution in [3.8, 4) is 0 Å². The Morgan fingerprint density at radius 2 is 2.17 bits per heavy atom. The summed E-state index contributed by atoms with van der Waals surface area (Å²) in [5.74, 6) is 1.44. The number of hydrogen-bond acceptors (Lipinski definition) is 5. The third kappa shape index (κ3) is 2.72. The Labute approximate surface area is 109 Å². The van der Waals surface area contributed by atoms with Gasteiger partial charge in [0, 0.05) is 31.6 Å². The molecule has 0 bridgehead atoms. The van der Waals surface area contributed by atoms with Crippen LogP contribution in [0.2, 0.25) is 0 Å². The molecule has 1 aromatic heterocycles. The molecule has 1 saturated heterocycles. The summed E-state index contributed by atoms with van der Waals surface area (Å²) in [5.41, 5.74) is 0.241. The van der Waals surface area contributed by atoms with E-state index in [0.29, 0.717) is 11.9 Å². The normalized spacial score (nSPS) is 24.3. The zero-order valence-corrected chi connectivity index (χ0v) is 11.9. The summed E-state index contributed by atoms with van der Waals surface area (Å²) in [7, 11) is 0. The van der Waals surface area contributed by atoms with Crippen LogP contribution in [0, 0.1) is 6.92 Å². The number of nitrogens with one attached hydrogen (secondary N) is 1. The largest absolute Gasteiger partial charge is 0.340 e. The minimum atomic E-state index is 0.241. The molecule has 5 nitrogen and oxygen atoms in total. The van der Waals surface area contributed by atoms with Gasteiger partial charge in [-0.1, -0.05) is 19.0 Å². The second kappa shape index (κ2) is 5.36. The van der Waals surface area contributed by atoms with Crippen molar-refractivity contribution in [1.29, 1.82) is 0 Å². The van der Waals surface area contributed by atoms with Gasteiger partial charge in [-0.3, -0.25) is 4.90 Å². The molecule has 1 aliphatic rings. The van der Waals surface area contributed by atoms with Crippen molar-refractivity contribution in [2.75, 3.05) is 13.1 Å². The lowest BCUT2D eigenvalue weighted by Crippen LogP contribution is -2.62. The molecule has 0 saturated carbocycles. The third-order valence-corrected chi connectivity index (χ3v) is 4.17. The molecule has 1 unspecified atom stereocenters. The standard InChI is InChI=1S/C13H24N4O/c1-5-13(6-2)9-17(10(3)7-14-13)8-12-15-11(4)18-16-12/h10,14H,5-9H2,1-4H3. The lowest BCUT2D eigenvalue weighted by atomic mass is 9.89. The van der Waals surface area contributed by atoms with Crippen LogP contribution in [-0.2, 0) is 6.54 Å². The zero-order valence-electron chi connectivity index (χ0n) is 11.9. The van der Waals surface area contributed by atoms with Gasteiger partial charge in [0.2, 0.25) is 5.89 Å². The molecule has 0 radical (unpaired) electrons. The summed E-state index contributed by atoms with van der Waals surface area (Å²) in [5, 5.41) is 7.69. The summed E-state index contributed by atoms with van der Waals surface area (Å²) < 4.78 is 5.04. The fraction of sp³-hybridized carbons (Fsp3) is 0.846. The van der Waals surface area contributed by atoms with Crippen LogP contribution in [0.1, 0.15) is 45.3 Å². The summed E-state index contributed by atoms with van der Waals surface area (Å²) in [6, 6.07) is 0.509. The van der Waals surface area contributed by atoms with Gasteiger partial charge in [0.25, 0.3) is 0 Å². The Hall–Kier alpha value is -0.940. The Morgan fingerprint density at radius 3 is 2.72 bits per heavy atom. The van der Waals surface area contributed by atoms with Gasteiger partial charge in [-0.25, -0.2) is 0 Å². The van der Waals surface area contributed by atoms with Gasteiger partial charge in [-0.2, -0.15) is 4.98 Å². The predicted molar refractivity (Wildman–Crippen MR) is 70.2 cm³/mol. The van der Waals surface area contributed by atoms with Crippen molar-refractivity contribution in [2.24, 2.45) is 0 Å². The van der Waals surface area contributed by atoms with Gasteiger partial charge in [0.1, 0.15) is 0 Å². The molecule has 1 fully saturated rings. The van der Waals surface area contributed by atoms with Gasteiger partial charge >= 0.3 is 0 Å². The average Bonchev–Trinajstić information content (AvgIpc) is 2.78. The van der Waals surface area contributed by atoms with Gasteiger partial charge in [-0.05, 0) is 19.8 Å². The molecule has 0 aromatic carbocycles. The van der Waals surface area contributed by atoms with E-state index in [-0.39, 0.29) is 5.54 Å². The molecule has 102 valence electrons. The van der Waals surface area contributed by atoms with Gasteiger partial charge < -0.3 is 9.84 Å². The fourth-order valence-electron chi connectivity index (χ4n) is 2.62. The number of aryl methyl sites for hydroxylation is 1. The van der Waals surface area contributed by atoms with Crippen LogP contribution in [0.15, 0.2) is 4.52 Å². The molecule has 5 heteroatoms. The lowest BCUT2D eigenvalue weighted by molar-refractivity contribution is 0.0718. The van der Waals surface area contributed by atoms with E-state index >= 15 is 0 Å². The first kappa shape index (κ1) is 13.5. The second-order valence-electron chi connectivity index (χ2n) is 5.35. The fourth-order valence-corrected chi connectivity index (χ4v) is 2.62. The molecule has 18 heavy (non-hydrogen) atoms. The smallest absolute Gasteiger partial charge is 0.223 e. The monoisotopic (exact) mass is 252 g/mol. The maximum Gasteiger partial charge on any atom is 0.223 e. The van der Waals surface area contributed by atoms with E-state index in [4.69, 9.17) is 4.52 Å². The Balaban J connectivity index is 2.05. The molecule has 2 rings (SSSR count). The van der Waals surface area contributed by atoms with E-state index in [1.807, 2.05) is 6.92 Å². The highest BCUT2D eigenvalue weighted by Crippen LogP contribution is 2.23. The number of rotatable bonds is 4. The first-order valence-electron chi connectivity index (χ1n) is 6.87. The zero-order chi connectivity index (χ0) is 13.2. The molecule has 2 heterocycles. The van der Waals surface area contributed by atoms with Crippen molar-refractivity contribution < 1.29 is 4.52 Å². The summed E-state index contributed by atoms with van der Waals surface area (Å²) >= 11 is 0. The van der Waals surface area contributed by atoms with E-state index in [1.165, 1.54) is 0 Å². The minimum absolute atomic E-state index is 0.241. The highest BCUT2D eigenvalue weighted by Gasteiger charge is 2.35. The van der Waals surface area contributed by atoms with Crippen LogP contribution in [0.3, 0.4) is 0 Å². The van der Waals surface area contributed by atoms with Crippen molar-refractivity contribution in [2.45, 2.75) is 58.7 Å². The Bertz CT molecular complexity index is 386. The van der Waals surface area contributed by atoms with Gasteiger partial charge in [0.15, 0.2) is 5.82 Å². The number of aromatic nitrogens is 2. The van der Waals surface area contributed by atoms with Crippen LogP contribution >= 0.6 is 0 Å². The highest BCUT2D eigenvalue weighted by molar-refractivity contribution is 4.97.